The number of halogens is 1. The molecule has 0 unspecified atom stereocenters. The Bertz CT molecular complexity index is 520. The van der Waals surface area contributed by atoms with Crippen LogP contribution in [-0.2, 0) is 0 Å². The summed E-state index contributed by atoms with van der Waals surface area (Å²) in [6.07, 6.45) is 0. The Hall–Kier alpha value is -1.54. The van der Waals surface area contributed by atoms with E-state index in [0.29, 0.717) is 11.3 Å². The Balaban J connectivity index is 2.76. The first-order valence-corrected chi connectivity index (χ1v) is 4.87. The summed E-state index contributed by atoms with van der Waals surface area (Å²) in [5.41, 5.74) is 0.507. The Labute approximate surface area is 92.4 Å². The maximum absolute atomic E-state index is 11.2. The largest absolute Gasteiger partial charge is 0.497 e. The molecule has 0 saturated heterocycles. The van der Waals surface area contributed by atoms with Gasteiger partial charge >= 0.3 is 0 Å². The second-order valence-corrected chi connectivity index (χ2v) is 3.51. The van der Waals surface area contributed by atoms with E-state index in [9.17, 15) is 4.79 Å². The number of carbonyl (C=O) groups is 1. The molecule has 0 aromatic heterocycles. The molecule has 15 heavy (non-hydrogen) atoms. The van der Waals surface area contributed by atoms with Gasteiger partial charge < -0.3 is 4.74 Å². The number of benzene rings is 2. The van der Waals surface area contributed by atoms with E-state index in [-0.39, 0.29) is 0 Å². The number of carbonyl (C=O) groups excluding carboxylic acids is 1. The highest BCUT2D eigenvalue weighted by Crippen LogP contribution is 2.24. The highest BCUT2D eigenvalue weighted by Gasteiger charge is 2.07. The number of methoxy groups -OCH3 is 1. The van der Waals surface area contributed by atoms with Crippen LogP contribution in [-0.4, -0.2) is 12.4 Å². The van der Waals surface area contributed by atoms with Gasteiger partial charge in [0.25, 0.3) is 5.24 Å². The first kappa shape index (κ1) is 9.99. The molecule has 2 aromatic rings. The molecule has 0 spiro atoms. The van der Waals surface area contributed by atoms with E-state index < -0.39 is 5.24 Å². The molecular weight excluding hydrogens is 212 g/mol. The van der Waals surface area contributed by atoms with Crippen molar-refractivity contribution in [3.8, 4) is 5.75 Å². The van der Waals surface area contributed by atoms with Gasteiger partial charge in [-0.25, -0.2) is 0 Å². The molecule has 0 aliphatic heterocycles. The first-order valence-electron chi connectivity index (χ1n) is 4.49. The molecule has 0 amide bonds. The van der Waals surface area contributed by atoms with Crippen molar-refractivity contribution in [2.75, 3.05) is 7.11 Å². The summed E-state index contributed by atoms with van der Waals surface area (Å²) in [6, 6.07) is 11.0. The van der Waals surface area contributed by atoms with Crippen LogP contribution >= 0.6 is 11.6 Å². The van der Waals surface area contributed by atoms with Gasteiger partial charge in [0.1, 0.15) is 5.75 Å². The van der Waals surface area contributed by atoms with E-state index in [1.807, 2.05) is 30.3 Å². The molecule has 0 aliphatic carbocycles. The zero-order chi connectivity index (χ0) is 10.8. The number of hydrogen-bond donors (Lipinski definition) is 0. The molecule has 0 fully saturated rings. The van der Waals surface area contributed by atoms with Gasteiger partial charge in [-0.05, 0) is 40.6 Å². The Morgan fingerprint density at radius 3 is 2.73 bits per heavy atom. The molecule has 0 radical (unpaired) electrons. The van der Waals surface area contributed by atoms with Gasteiger partial charge in [-0.2, -0.15) is 0 Å². The van der Waals surface area contributed by atoms with Crippen LogP contribution in [0.25, 0.3) is 10.8 Å². The quantitative estimate of drug-likeness (QED) is 0.727. The van der Waals surface area contributed by atoms with Gasteiger partial charge in [0, 0.05) is 5.56 Å². The van der Waals surface area contributed by atoms with Gasteiger partial charge in [-0.1, -0.05) is 18.2 Å². The fourth-order valence-electron chi connectivity index (χ4n) is 1.55. The van der Waals surface area contributed by atoms with Crippen molar-refractivity contribution in [3.05, 3.63) is 42.0 Å². The van der Waals surface area contributed by atoms with E-state index >= 15 is 0 Å². The molecule has 2 rings (SSSR count). The number of fused-ring (bicyclic) bond motifs is 1. The smallest absolute Gasteiger partial charge is 0.253 e. The molecular formula is C12H9ClO2. The van der Waals surface area contributed by atoms with Gasteiger partial charge in [0.2, 0.25) is 0 Å². The van der Waals surface area contributed by atoms with E-state index in [1.165, 1.54) is 0 Å². The average molecular weight is 221 g/mol. The molecule has 0 atom stereocenters. The SMILES string of the molecule is COc1ccc2cccc(C(=O)Cl)c2c1. The maximum atomic E-state index is 11.2. The van der Waals surface area contributed by atoms with Crippen LogP contribution in [0.3, 0.4) is 0 Å². The Kier molecular flexibility index (Phi) is 2.60. The Morgan fingerprint density at radius 2 is 2.07 bits per heavy atom. The van der Waals surface area contributed by atoms with Crippen molar-refractivity contribution < 1.29 is 9.53 Å². The van der Waals surface area contributed by atoms with Crippen molar-refractivity contribution in [1.82, 2.24) is 0 Å². The van der Waals surface area contributed by atoms with Crippen molar-refractivity contribution in [2.45, 2.75) is 0 Å². The third-order valence-electron chi connectivity index (χ3n) is 2.30. The molecule has 76 valence electrons. The summed E-state index contributed by atoms with van der Waals surface area (Å²) in [6.45, 7) is 0. The highest BCUT2D eigenvalue weighted by atomic mass is 35.5. The number of rotatable bonds is 2. The zero-order valence-corrected chi connectivity index (χ0v) is 8.91. The molecule has 0 N–H and O–H groups in total. The zero-order valence-electron chi connectivity index (χ0n) is 8.16. The minimum Gasteiger partial charge on any atom is -0.497 e. The van der Waals surface area contributed by atoms with Crippen LogP contribution in [0.15, 0.2) is 36.4 Å². The lowest BCUT2D eigenvalue weighted by atomic mass is 10.1. The summed E-state index contributed by atoms with van der Waals surface area (Å²) in [4.78, 5) is 11.2. The normalized spacial score (nSPS) is 10.3. The van der Waals surface area contributed by atoms with Crippen molar-refractivity contribution in [3.63, 3.8) is 0 Å². The summed E-state index contributed by atoms with van der Waals surface area (Å²) in [5, 5.41) is 1.34. The van der Waals surface area contributed by atoms with Gasteiger partial charge in [0.15, 0.2) is 0 Å². The molecule has 0 aliphatic rings. The topological polar surface area (TPSA) is 26.3 Å². The third-order valence-corrected chi connectivity index (χ3v) is 2.50. The summed E-state index contributed by atoms with van der Waals surface area (Å²) in [7, 11) is 1.59. The lowest BCUT2D eigenvalue weighted by Crippen LogP contribution is -1.91. The first-order chi connectivity index (χ1) is 7.22. The van der Waals surface area contributed by atoms with E-state index in [4.69, 9.17) is 16.3 Å². The minimum atomic E-state index is -0.450. The highest BCUT2D eigenvalue weighted by molar-refractivity contribution is 6.68. The molecule has 2 nitrogen and oxygen atoms in total. The second kappa shape index (κ2) is 3.91. The standard InChI is InChI=1S/C12H9ClO2/c1-15-9-6-5-8-3-2-4-10(12(13)14)11(8)7-9/h2-7H,1H3. The van der Waals surface area contributed by atoms with Gasteiger partial charge in [-0.3, -0.25) is 4.79 Å². The average Bonchev–Trinajstić information content (AvgIpc) is 2.27. The second-order valence-electron chi connectivity index (χ2n) is 3.17. The summed E-state index contributed by atoms with van der Waals surface area (Å²) < 4.78 is 5.10. The predicted molar refractivity (Wildman–Crippen MR) is 60.7 cm³/mol. The molecule has 2 aromatic carbocycles. The van der Waals surface area contributed by atoms with E-state index in [1.54, 1.807) is 13.2 Å². The minimum absolute atomic E-state index is 0.450. The Morgan fingerprint density at radius 1 is 1.27 bits per heavy atom. The van der Waals surface area contributed by atoms with Crippen molar-refractivity contribution >= 4 is 27.6 Å². The monoisotopic (exact) mass is 220 g/mol. The fraction of sp³-hybridized carbons (Fsp3) is 0.0833. The fourth-order valence-corrected chi connectivity index (χ4v) is 1.71. The van der Waals surface area contributed by atoms with Crippen LogP contribution in [0.5, 0.6) is 5.75 Å². The predicted octanol–water partition coefficient (Wildman–Crippen LogP) is 3.23. The third kappa shape index (κ3) is 1.81. The van der Waals surface area contributed by atoms with Gasteiger partial charge in [-0.15, -0.1) is 0 Å². The van der Waals surface area contributed by atoms with Crippen LogP contribution in [0.2, 0.25) is 0 Å². The molecule has 0 bridgehead atoms. The van der Waals surface area contributed by atoms with Crippen molar-refractivity contribution in [1.29, 1.82) is 0 Å². The van der Waals surface area contributed by atoms with Gasteiger partial charge in [0.05, 0.1) is 7.11 Å². The lowest BCUT2D eigenvalue weighted by Gasteiger charge is -2.04. The maximum Gasteiger partial charge on any atom is 0.253 e. The van der Waals surface area contributed by atoms with E-state index in [0.717, 1.165) is 10.8 Å². The van der Waals surface area contributed by atoms with Crippen molar-refractivity contribution in [2.24, 2.45) is 0 Å². The van der Waals surface area contributed by atoms with Crippen LogP contribution in [0, 0.1) is 0 Å². The molecule has 0 saturated carbocycles. The van der Waals surface area contributed by atoms with E-state index in [2.05, 4.69) is 0 Å². The molecule has 0 heterocycles. The lowest BCUT2D eigenvalue weighted by molar-refractivity contribution is 0.108. The van der Waals surface area contributed by atoms with Crippen LogP contribution in [0.4, 0.5) is 0 Å². The van der Waals surface area contributed by atoms with Crippen LogP contribution in [0.1, 0.15) is 10.4 Å². The number of hydrogen-bond acceptors (Lipinski definition) is 2. The van der Waals surface area contributed by atoms with Crippen LogP contribution < -0.4 is 4.74 Å². The summed E-state index contributed by atoms with van der Waals surface area (Å²) >= 11 is 5.50. The molecule has 3 heteroatoms. The number of ether oxygens (including phenoxy) is 1. The summed E-state index contributed by atoms with van der Waals surface area (Å²) in [5.74, 6) is 0.716.